The molecule has 0 atom stereocenters. The van der Waals surface area contributed by atoms with Crippen LogP contribution < -0.4 is 10.6 Å². The minimum Gasteiger partial charge on any atom is -0.340 e. The summed E-state index contributed by atoms with van der Waals surface area (Å²) in [7, 11) is 1.57. The number of nitriles is 1. The van der Waals surface area contributed by atoms with Crippen LogP contribution in [-0.2, 0) is 11.6 Å². The van der Waals surface area contributed by atoms with E-state index in [4.69, 9.17) is 0 Å². The number of nitrogens with zero attached hydrogens (tertiary/aromatic N) is 5. The molecule has 0 spiro atoms. The molecule has 0 unspecified atom stereocenters. The van der Waals surface area contributed by atoms with Crippen LogP contribution >= 0.6 is 0 Å². The fourth-order valence-corrected chi connectivity index (χ4v) is 4.01. The van der Waals surface area contributed by atoms with E-state index < -0.39 is 28.9 Å². The zero-order chi connectivity index (χ0) is 30.7. The summed E-state index contributed by atoms with van der Waals surface area (Å²) in [6.45, 7) is 6.38. The molecule has 2 aromatic carbocycles. The number of benzene rings is 2. The number of pyridine rings is 1. The maximum absolute atomic E-state index is 14.8. The molecule has 0 bridgehead atoms. The Kier molecular flexibility index (Phi) is 8.19. The van der Waals surface area contributed by atoms with E-state index in [0.717, 1.165) is 12.1 Å². The van der Waals surface area contributed by atoms with Crippen LogP contribution in [0.25, 0.3) is 0 Å². The van der Waals surface area contributed by atoms with Crippen LogP contribution in [0.1, 0.15) is 46.6 Å². The minimum absolute atomic E-state index is 0.0105. The highest BCUT2D eigenvalue weighted by atomic mass is 19.4. The predicted molar refractivity (Wildman–Crippen MR) is 151 cm³/mol. The number of nitrogens with one attached hydrogen (secondary N) is 3. The molecule has 0 radical (unpaired) electrons. The Morgan fingerprint density at radius 2 is 1.83 bits per heavy atom. The number of anilines is 3. The zero-order valence-corrected chi connectivity index (χ0v) is 22.6. The third-order valence-electron chi connectivity index (χ3n) is 6.29. The monoisotopic (exact) mass is 576 g/mol. The summed E-state index contributed by atoms with van der Waals surface area (Å²) in [5.74, 6) is -1.10. The topological polar surface area (TPSA) is 131 Å². The number of hydrogen-bond acceptors (Lipinski definition) is 7. The van der Waals surface area contributed by atoms with E-state index in [1.807, 2.05) is 6.07 Å². The summed E-state index contributed by atoms with van der Waals surface area (Å²) in [5.41, 5.74) is -1.41. The van der Waals surface area contributed by atoms with Crippen LogP contribution in [0.3, 0.4) is 0 Å². The normalized spacial score (nSPS) is 12.0. The van der Waals surface area contributed by atoms with Crippen molar-refractivity contribution >= 4 is 41.3 Å². The summed E-state index contributed by atoms with van der Waals surface area (Å²) in [6.07, 6.45) is -1.81. The molecule has 1 amide bonds. The van der Waals surface area contributed by atoms with E-state index in [-0.39, 0.29) is 16.8 Å². The molecule has 0 saturated heterocycles. The molecular formula is C29H24F4N8O. The number of carbonyl (C=O) groups is 1. The largest absolute Gasteiger partial charge is 0.416 e. The van der Waals surface area contributed by atoms with Crippen molar-refractivity contribution in [3.05, 3.63) is 94.8 Å². The third-order valence-corrected chi connectivity index (χ3v) is 6.29. The van der Waals surface area contributed by atoms with Crippen molar-refractivity contribution < 1.29 is 22.4 Å². The van der Waals surface area contributed by atoms with Crippen LogP contribution in [0, 0.1) is 17.1 Å². The van der Waals surface area contributed by atoms with Crippen molar-refractivity contribution in [2.24, 2.45) is 9.98 Å². The lowest BCUT2D eigenvalue weighted by molar-refractivity contribution is -0.137. The van der Waals surface area contributed by atoms with Crippen molar-refractivity contribution in [2.45, 2.75) is 25.4 Å². The number of H-pyrrole nitrogens is 1. The second-order valence-corrected chi connectivity index (χ2v) is 9.54. The van der Waals surface area contributed by atoms with E-state index in [0.29, 0.717) is 40.4 Å². The van der Waals surface area contributed by atoms with Gasteiger partial charge in [-0.15, -0.1) is 0 Å². The Hall–Kier alpha value is -5.38. The Morgan fingerprint density at radius 1 is 1.10 bits per heavy atom. The number of aromatic amines is 1. The molecule has 3 N–H and O–H groups in total. The predicted octanol–water partition coefficient (Wildman–Crippen LogP) is 6.56. The fourth-order valence-electron chi connectivity index (χ4n) is 4.01. The van der Waals surface area contributed by atoms with Crippen LogP contribution in [0.2, 0.25) is 0 Å². The first-order chi connectivity index (χ1) is 19.9. The summed E-state index contributed by atoms with van der Waals surface area (Å²) in [6, 6.07) is 11.8. The third kappa shape index (κ3) is 6.17. The highest BCUT2D eigenvalue weighted by Gasteiger charge is 2.34. The van der Waals surface area contributed by atoms with Crippen molar-refractivity contribution in [2.75, 3.05) is 17.7 Å². The van der Waals surface area contributed by atoms with Crippen molar-refractivity contribution in [3.8, 4) is 6.07 Å². The van der Waals surface area contributed by atoms with Gasteiger partial charge in [0.05, 0.1) is 34.8 Å². The lowest BCUT2D eigenvalue weighted by atomic mass is 9.84. The average Bonchev–Trinajstić information content (AvgIpc) is 3.44. The van der Waals surface area contributed by atoms with E-state index in [2.05, 4.69) is 42.3 Å². The molecule has 214 valence electrons. The number of aliphatic imine (C=N–C) groups is 2. The number of hydrogen-bond donors (Lipinski definition) is 3. The fraction of sp³-hybridized carbons (Fsp3) is 0.172. The van der Waals surface area contributed by atoms with E-state index in [1.54, 1.807) is 19.2 Å². The minimum atomic E-state index is -4.77. The summed E-state index contributed by atoms with van der Waals surface area (Å²) in [4.78, 5) is 32.7. The first-order valence-corrected chi connectivity index (χ1v) is 12.3. The molecule has 42 heavy (non-hydrogen) atoms. The molecule has 0 aliphatic rings. The maximum atomic E-state index is 14.8. The first kappa shape index (κ1) is 29.6. The smallest absolute Gasteiger partial charge is 0.340 e. The van der Waals surface area contributed by atoms with Crippen LogP contribution in [0.4, 0.5) is 40.6 Å². The Labute approximate surface area is 238 Å². The standard InChI is InChI=1S/C29H24F4N8O/c1-28(2,14-34)17-10-16(11-18(12-17)29(31,32)33)27(42)41-22-13-19(7-8-21(22)30)40-25-20(6-5-9-37-25)23(35-3)24-26(36-4)39-15-38-24/h5-13,15H,4H2,1-3H3,(H,37,40)(H,38,39)(H,41,42)/b35-23-. The number of imidazole rings is 1. The van der Waals surface area contributed by atoms with Gasteiger partial charge in [0.25, 0.3) is 5.91 Å². The zero-order valence-electron chi connectivity index (χ0n) is 22.6. The summed E-state index contributed by atoms with van der Waals surface area (Å²) >= 11 is 0. The highest BCUT2D eigenvalue weighted by Crippen LogP contribution is 2.34. The SMILES string of the molecule is C=Nc1[nH]cnc1/C(=N\C)c1cccnc1Nc1ccc(F)c(NC(=O)c2cc(C(F)(F)F)cc(C(C)(C)C#N)c2)c1. The molecule has 0 aliphatic heterocycles. The summed E-state index contributed by atoms with van der Waals surface area (Å²) < 4.78 is 55.6. The molecule has 2 aromatic heterocycles. The van der Waals surface area contributed by atoms with E-state index >= 15 is 0 Å². The molecule has 0 fully saturated rings. The van der Waals surface area contributed by atoms with Crippen LogP contribution in [0.5, 0.6) is 0 Å². The van der Waals surface area contributed by atoms with Crippen LogP contribution in [-0.4, -0.2) is 40.3 Å². The highest BCUT2D eigenvalue weighted by molar-refractivity contribution is 6.16. The average molecular weight is 577 g/mol. The first-order valence-electron chi connectivity index (χ1n) is 12.3. The van der Waals surface area contributed by atoms with Gasteiger partial charge < -0.3 is 15.6 Å². The number of halogens is 4. The second-order valence-electron chi connectivity index (χ2n) is 9.54. The molecule has 9 nitrogen and oxygen atoms in total. The van der Waals surface area contributed by atoms with Gasteiger partial charge in [-0.1, -0.05) is 0 Å². The van der Waals surface area contributed by atoms with Crippen molar-refractivity contribution in [1.82, 2.24) is 15.0 Å². The Bertz CT molecular complexity index is 1730. The Balaban J connectivity index is 1.67. The van der Waals surface area contributed by atoms with Gasteiger partial charge in [0.2, 0.25) is 0 Å². The number of aromatic nitrogens is 3. The van der Waals surface area contributed by atoms with Gasteiger partial charge in [-0.2, -0.15) is 18.4 Å². The molecule has 4 aromatic rings. The quantitative estimate of drug-likeness (QED) is 0.162. The number of alkyl halides is 3. The van der Waals surface area contributed by atoms with Gasteiger partial charge in [-0.25, -0.2) is 19.4 Å². The van der Waals surface area contributed by atoms with Gasteiger partial charge in [0, 0.05) is 30.1 Å². The van der Waals surface area contributed by atoms with Gasteiger partial charge in [-0.3, -0.25) is 9.79 Å². The molecule has 13 heteroatoms. The van der Waals surface area contributed by atoms with Crippen molar-refractivity contribution in [3.63, 3.8) is 0 Å². The number of amides is 1. The maximum Gasteiger partial charge on any atom is 0.416 e. The van der Waals surface area contributed by atoms with E-state index in [1.165, 1.54) is 44.6 Å². The molecule has 2 heterocycles. The lowest BCUT2D eigenvalue weighted by Gasteiger charge is -2.19. The van der Waals surface area contributed by atoms with Gasteiger partial charge in [-0.05, 0) is 74.7 Å². The number of rotatable bonds is 8. The lowest BCUT2D eigenvalue weighted by Crippen LogP contribution is -2.20. The molecule has 4 rings (SSSR count). The second kappa shape index (κ2) is 11.6. The Morgan fingerprint density at radius 3 is 2.50 bits per heavy atom. The van der Waals surface area contributed by atoms with Gasteiger partial charge >= 0.3 is 6.18 Å². The number of carbonyl (C=O) groups excluding carboxylic acids is 1. The molecular weight excluding hydrogens is 552 g/mol. The van der Waals surface area contributed by atoms with Gasteiger partial charge in [0.1, 0.15) is 17.3 Å². The van der Waals surface area contributed by atoms with Crippen LogP contribution in [0.15, 0.2) is 71.0 Å². The summed E-state index contributed by atoms with van der Waals surface area (Å²) in [5, 5.41) is 14.8. The molecule has 0 aliphatic carbocycles. The van der Waals surface area contributed by atoms with Gasteiger partial charge in [0.15, 0.2) is 5.82 Å². The van der Waals surface area contributed by atoms with E-state index in [9.17, 15) is 27.6 Å². The van der Waals surface area contributed by atoms with Crippen molar-refractivity contribution in [1.29, 1.82) is 5.26 Å². The molecule has 0 saturated carbocycles.